The molecule has 9 heteroatoms. The van der Waals surface area contributed by atoms with E-state index in [1.165, 1.54) is 12.3 Å². The molecule has 2 aromatic rings. The van der Waals surface area contributed by atoms with Crippen molar-refractivity contribution in [2.24, 2.45) is 5.92 Å². The van der Waals surface area contributed by atoms with Gasteiger partial charge in [-0.25, -0.2) is 18.6 Å². The van der Waals surface area contributed by atoms with Crippen LogP contribution in [-0.2, 0) is 20.8 Å². The number of amides is 2. The number of carbonyl (C=O) groups is 3. The lowest BCUT2D eigenvalue weighted by Gasteiger charge is -2.43. The number of likely N-dealkylation sites (tertiary alicyclic amines) is 1. The van der Waals surface area contributed by atoms with Gasteiger partial charge in [0.1, 0.15) is 11.9 Å². The number of carboxylic acid groups (broad SMARTS) is 1. The van der Waals surface area contributed by atoms with Crippen molar-refractivity contribution in [2.45, 2.75) is 31.7 Å². The molecule has 152 valence electrons. The molecule has 29 heavy (non-hydrogen) atoms. The lowest BCUT2D eigenvalue weighted by atomic mass is 9.81. The summed E-state index contributed by atoms with van der Waals surface area (Å²) in [6.45, 7) is 1.61. The molecule has 3 N–H and O–H groups in total. The Bertz CT molecular complexity index is 982. The first kappa shape index (κ1) is 20.4. The molecule has 1 aliphatic rings. The molecule has 3 rings (SSSR count). The Morgan fingerprint density at radius 1 is 1.24 bits per heavy atom. The van der Waals surface area contributed by atoms with Crippen LogP contribution < -0.4 is 5.73 Å². The molecule has 0 spiro atoms. The number of halogens is 2. The third-order valence-electron chi connectivity index (χ3n) is 5.03. The number of aromatic nitrogens is 1. The number of hydrogen-bond donors (Lipinski definition) is 2. The molecule has 1 saturated heterocycles. The second kappa shape index (κ2) is 7.94. The van der Waals surface area contributed by atoms with Crippen LogP contribution in [-0.4, -0.2) is 38.8 Å². The van der Waals surface area contributed by atoms with Gasteiger partial charge in [0, 0.05) is 12.6 Å². The van der Waals surface area contributed by atoms with E-state index in [0.717, 1.165) is 17.0 Å². The number of carboxylic acids is 1. The predicted molar refractivity (Wildman–Crippen MR) is 98.5 cm³/mol. The molecule has 1 fully saturated rings. The fourth-order valence-electron chi connectivity index (χ4n) is 3.48. The standard InChI is InChI=1S/C20H19F2N3O4/c1-10(12-2-3-14(21)15(22)9-12)6-17(26)25-18(20(28)29)13(19(25)27)7-11-4-5-24-16(23)8-11/h2-5,8-10,13,18H,6-7H2,1H3,(H2,23,24)(H,28,29)/t10-,13+,18-/m0/s1. The number of nitrogens with zero attached hydrogens (tertiary/aromatic N) is 2. The number of β-lactam (4-membered cyclic amide) rings is 1. The number of carbonyl (C=O) groups excluding carboxylic acids is 2. The second-order valence-electron chi connectivity index (χ2n) is 7.06. The van der Waals surface area contributed by atoms with E-state index in [2.05, 4.69) is 4.98 Å². The highest BCUT2D eigenvalue weighted by Gasteiger charge is 2.54. The van der Waals surface area contributed by atoms with Crippen LogP contribution in [0.5, 0.6) is 0 Å². The van der Waals surface area contributed by atoms with Crippen LogP contribution in [0.2, 0.25) is 0 Å². The molecule has 0 unspecified atom stereocenters. The zero-order valence-electron chi connectivity index (χ0n) is 15.5. The number of benzene rings is 1. The van der Waals surface area contributed by atoms with Crippen molar-refractivity contribution in [1.82, 2.24) is 9.88 Å². The van der Waals surface area contributed by atoms with Gasteiger partial charge < -0.3 is 10.8 Å². The molecule has 1 aliphatic heterocycles. The van der Waals surface area contributed by atoms with Crippen LogP contribution in [0.1, 0.15) is 30.4 Å². The van der Waals surface area contributed by atoms with Crippen LogP contribution in [0.4, 0.5) is 14.6 Å². The van der Waals surface area contributed by atoms with Gasteiger partial charge in [0.05, 0.1) is 5.92 Å². The minimum Gasteiger partial charge on any atom is -0.480 e. The maximum Gasteiger partial charge on any atom is 0.327 e. The minimum absolute atomic E-state index is 0.116. The van der Waals surface area contributed by atoms with Crippen LogP contribution in [0, 0.1) is 17.6 Å². The van der Waals surface area contributed by atoms with Gasteiger partial charge in [0.15, 0.2) is 11.6 Å². The summed E-state index contributed by atoms with van der Waals surface area (Å²) in [7, 11) is 0. The Balaban J connectivity index is 1.72. The summed E-state index contributed by atoms with van der Waals surface area (Å²) in [4.78, 5) is 41.3. The molecule has 0 radical (unpaired) electrons. The van der Waals surface area contributed by atoms with Gasteiger partial charge in [-0.05, 0) is 47.7 Å². The first-order chi connectivity index (χ1) is 13.7. The van der Waals surface area contributed by atoms with E-state index in [1.54, 1.807) is 19.1 Å². The Kier molecular flexibility index (Phi) is 5.58. The van der Waals surface area contributed by atoms with E-state index in [9.17, 15) is 28.3 Å². The molecule has 3 atom stereocenters. The third kappa shape index (κ3) is 4.08. The van der Waals surface area contributed by atoms with Crippen LogP contribution >= 0.6 is 0 Å². The maximum absolute atomic E-state index is 13.4. The fourth-order valence-corrected chi connectivity index (χ4v) is 3.48. The van der Waals surface area contributed by atoms with Crippen LogP contribution in [0.15, 0.2) is 36.5 Å². The predicted octanol–water partition coefficient (Wildman–Crippen LogP) is 2.12. The third-order valence-corrected chi connectivity index (χ3v) is 5.03. The van der Waals surface area contributed by atoms with Crippen molar-refractivity contribution in [3.63, 3.8) is 0 Å². The molecule has 1 aromatic heterocycles. The molecule has 1 aromatic carbocycles. The number of pyridine rings is 1. The first-order valence-corrected chi connectivity index (χ1v) is 8.93. The van der Waals surface area contributed by atoms with Gasteiger partial charge >= 0.3 is 5.97 Å². The zero-order chi connectivity index (χ0) is 21.3. The van der Waals surface area contributed by atoms with E-state index in [0.29, 0.717) is 11.1 Å². The largest absolute Gasteiger partial charge is 0.480 e. The maximum atomic E-state index is 13.4. The van der Waals surface area contributed by atoms with Gasteiger partial charge in [-0.2, -0.15) is 0 Å². The van der Waals surface area contributed by atoms with Crippen molar-refractivity contribution in [3.05, 3.63) is 59.3 Å². The summed E-state index contributed by atoms with van der Waals surface area (Å²) >= 11 is 0. The Morgan fingerprint density at radius 2 is 1.97 bits per heavy atom. The molecule has 0 bridgehead atoms. The summed E-state index contributed by atoms with van der Waals surface area (Å²) in [6, 6.07) is 5.16. The van der Waals surface area contributed by atoms with E-state index in [4.69, 9.17) is 5.73 Å². The van der Waals surface area contributed by atoms with Crippen LogP contribution in [0.3, 0.4) is 0 Å². The van der Waals surface area contributed by atoms with E-state index >= 15 is 0 Å². The summed E-state index contributed by atoms with van der Waals surface area (Å²) < 4.78 is 26.5. The summed E-state index contributed by atoms with van der Waals surface area (Å²) in [5, 5.41) is 9.52. The lowest BCUT2D eigenvalue weighted by Crippen LogP contribution is -2.66. The van der Waals surface area contributed by atoms with Crippen LogP contribution in [0.25, 0.3) is 0 Å². The topological polar surface area (TPSA) is 114 Å². The molecule has 2 amide bonds. The fraction of sp³-hybridized carbons (Fsp3) is 0.300. The lowest BCUT2D eigenvalue weighted by molar-refractivity contribution is -0.177. The van der Waals surface area contributed by atoms with Crippen molar-refractivity contribution in [1.29, 1.82) is 0 Å². The number of hydrogen-bond acceptors (Lipinski definition) is 5. The minimum atomic E-state index is -1.29. The number of nitrogens with two attached hydrogens (primary N) is 1. The van der Waals surface area contributed by atoms with Crippen molar-refractivity contribution in [3.8, 4) is 0 Å². The average molecular weight is 403 g/mol. The molecular formula is C20H19F2N3O4. The van der Waals surface area contributed by atoms with Gasteiger partial charge in [-0.1, -0.05) is 13.0 Å². The summed E-state index contributed by atoms with van der Waals surface area (Å²) in [6.07, 6.45) is 1.36. The first-order valence-electron chi connectivity index (χ1n) is 8.93. The molecular weight excluding hydrogens is 384 g/mol. The smallest absolute Gasteiger partial charge is 0.327 e. The van der Waals surface area contributed by atoms with E-state index < -0.39 is 47.3 Å². The highest BCUT2D eigenvalue weighted by molar-refractivity contribution is 6.08. The Hall–Kier alpha value is -3.36. The van der Waals surface area contributed by atoms with E-state index in [1.807, 2.05) is 0 Å². The normalized spacial score (nSPS) is 19.6. The quantitative estimate of drug-likeness (QED) is 0.715. The number of imide groups is 1. The number of aliphatic carboxylic acids is 1. The summed E-state index contributed by atoms with van der Waals surface area (Å²) in [5.41, 5.74) is 6.62. The number of rotatable bonds is 6. The van der Waals surface area contributed by atoms with Gasteiger partial charge in [0.2, 0.25) is 11.8 Å². The highest BCUT2D eigenvalue weighted by Crippen LogP contribution is 2.33. The summed E-state index contributed by atoms with van der Waals surface area (Å²) in [5.74, 6) is -5.77. The van der Waals surface area contributed by atoms with Crippen molar-refractivity contribution >= 4 is 23.6 Å². The number of nitrogen functional groups attached to an aromatic ring is 1. The molecule has 7 nitrogen and oxygen atoms in total. The number of anilines is 1. The molecule has 0 aliphatic carbocycles. The second-order valence-corrected chi connectivity index (χ2v) is 7.06. The van der Waals surface area contributed by atoms with Crippen molar-refractivity contribution < 1.29 is 28.3 Å². The zero-order valence-corrected chi connectivity index (χ0v) is 15.5. The average Bonchev–Trinajstić information content (AvgIpc) is 2.65. The van der Waals surface area contributed by atoms with Gasteiger partial charge in [0.25, 0.3) is 0 Å². The van der Waals surface area contributed by atoms with Gasteiger partial charge in [-0.3, -0.25) is 14.5 Å². The monoisotopic (exact) mass is 403 g/mol. The SMILES string of the molecule is C[C@@H](CC(=O)N1C(=O)[C@H](Cc2ccnc(N)c2)[C@H]1C(=O)O)c1ccc(F)c(F)c1. The molecule has 0 saturated carbocycles. The highest BCUT2D eigenvalue weighted by atomic mass is 19.2. The van der Waals surface area contributed by atoms with E-state index in [-0.39, 0.29) is 18.7 Å². The molecule has 2 heterocycles. The Morgan fingerprint density at radius 3 is 2.59 bits per heavy atom. The Labute approximate surface area is 165 Å². The van der Waals surface area contributed by atoms with Crippen molar-refractivity contribution in [2.75, 3.05) is 5.73 Å². The van der Waals surface area contributed by atoms with Gasteiger partial charge in [-0.15, -0.1) is 0 Å².